The van der Waals surface area contributed by atoms with Gasteiger partial charge in [0.15, 0.2) is 10.8 Å². The molecule has 0 bridgehead atoms. The summed E-state index contributed by atoms with van der Waals surface area (Å²) in [7, 11) is 0. The van der Waals surface area contributed by atoms with Crippen molar-refractivity contribution < 1.29 is 57.4 Å². The molecule has 29 heavy (non-hydrogen) atoms. The first kappa shape index (κ1) is 27.6. The standard InChI is InChI=1S/C16H18F12O/c1-3-5-7-11(13(17,18)19,14(20,21)22)9-29-10-12(8-6-4-2,15(23,24)25)16(26,27)28/h3-4H,1-2,5-10H2. The van der Waals surface area contributed by atoms with Crippen molar-refractivity contribution in [2.45, 2.75) is 50.4 Å². The normalized spacial score (nSPS) is 14.8. The molecule has 0 aliphatic rings. The van der Waals surface area contributed by atoms with Gasteiger partial charge in [0.1, 0.15) is 0 Å². The number of hydrogen-bond donors (Lipinski definition) is 0. The molecule has 0 saturated carbocycles. The maximum atomic E-state index is 13.2. The molecule has 0 N–H and O–H groups in total. The van der Waals surface area contributed by atoms with Crippen LogP contribution in [-0.4, -0.2) is 37.9 Å². The van der Waals surface area contributed by atoms with E-state index in [1.807, 2.05) is 0 Å². The minimum absolute atomic E-state index is 0.700. The third-order valence-corrected chi connectivity index (χ3v) is 4.42. The van der Waals surface area contributed by atoms with E-state index in [2.05, 4.69) is 17.9 Å². The molecule has 0 aromatic heterocycles. The highest BCUT2D eigenvalue weighted by Crippen LogP contribution is 2.56. The fraction of sp³-hybridized carbons (Fsp3) is 0.750. The lowest BCUT2D eigenvalue weighted by Crippen LogP contribution is -2.56. The van der Waals surface area contributed by atoms with E-state index in [9.17, 15) is 52.7 Å². The second-order valence-corrected chi connectivity index (χ2v) is 6.30. The van der Waals surface area contributed by atoms with E-state index in [1.165, 1.54) is 0 Å². The smallest absolute Gasteiger partial charge is 0.379 e. The van der Waals surface area contributed by atoms with E-state index in [0.29, 0.717) is 12.2 Å². The lowest BCUT2D eigenvalue weighted by atomic mass is 9.80. The Morgan fingerprint density at radius 2 is 0.759 bits per heavy atom. The van der Waals surface area contributed by atoms with Gasteiger partial charge < -0.3 is 4.74 Å². The van der Waals surface area contributed by atoms with Crippen molar-refractivity contribution >= 4 is 0 Å². The summed E-state index contributed by atoms with van der Waals surface area (Å²) in [5, 5.41) is 0. The Kier molecular flexibility index (Phi) is 8.73. The van der Waals surface area contributed by atoms with Crippen molar-refractivity contribution in [1.29, 1.82) is 0 Å². The van der Waals surface area contributed by atoms with Gasteiger partial charge in [0.2, 0.25) is 0 Å². The molecule has 0 heterocycles. The van der Waals surface area contributed by atoms with Gasteiger partial charge in [0.05, 0.1) is 13.2 Å². The predicted octanol–water partition coefficient (Wildman–Crippen LogP) is 7.16. The van der Waals surface area contributed by atoms with Gasteiger partial charge in [-0.25, -0.2) is 0 Å². The first-order valence-corrected chi connectivity index (χ1v) is 7.89. The van der Waals surface area contributed by atoms with Crippen molar-refractivity contribution in [3.63, 3.8) is 0 Å². The molecule has 0 atom stereocenters. The molecule has 13 heteroatoms. The second-order valence-electron chi connectivity index (χ2n) is 6.30. The van der Waals surface area contributed by atoms with Crippen molar-refractivity contribution in [3.8, 4) is 0 Å². The Labute approximate surface area is 158 Å². The van der Waals surface area contributed by atoms with Crippen LogP contribution in [0.3, 0.4) is 0 Å². The third-order valence-electron chi connectivity index (χ3n) is 4.42. The number of hydrogen-bond acceptors (Lipinski definition) is 1. The molecular weight excluding hydrogens is 436 g/mol. The first-order chi connectivity index (χ1) is 12.8. The van der Waals surface area contributed by atoms with Gasteiger partial charge in [-0.3, -0.25) is 0 Å². The molecule has 0 aromatic carbocycles. The molecule has 1 nitrogen and oxygen atoms in total. The topological polar surface area (TPSA) is 9.23 Å². The molecule has 0 aliphatic heterocycles. The highest BCUT2D eigenvalue weighted by molar-refractivity contribution is 4.98. The van der Waals surface area contributed by atoms with Crippen LogP contribution in [0.2, 0.25) is 0 Å². The number of halogens is 12. The van der Waals surface area contributed by atoms with Crippen LogP contribution in [0.4, 0.5) is 52.7 Å². The largest absolute Gasteiger partial charge is 0.405 e. The monoisotopic (exact) mass is 454 g/mol. The lowest BCUT2D eigenvalue weighted by molar-refractivity contribution is -0.373. The van der Waals surface area contributed by atoms with Gasteiger partial charge in [0, 0.05) is 0 Å². The van der Waals surface area contributed by atoms with Crippen molar-refractivity contribution in [3.05, 3.63) is 25.3 Å². The maximum absolute atomic E-state index is 13.2. The Bertz CT molecular complexity index is 462. The van der Waals surface area contributed by atoms with Gasteiger partial charge in [0.25, 0.3) is 0 Å². The minimum Gasteiger partial charge on any atom is -0.379 e. The maximum Gasteiger partial charge on any atom is 0.405 e. The number of rotatable bonds is 10. The van der Waals surface area contributed by atoms with Crippen LogP contribution in [-0.2, 0) is 4.74 Å². The molecular formula is C16H18F12O. The zero-order valence-corrected chi connectivity index (χ0v) is 14.8. The van der Waals surface area contributed by atoms with E-state index in [-0.39, 0.29) is 0 Å². The third kappa shape index (κ3) is 5.82. The summed E-state index contributed by atoms with van der Waals surface area (Å²) in [6.07, 6.45) is -27.9. The molecule has 0 fully saturated rings. The molecule has 0 radical (unpaired) electrons. The molecule has 0 unspecified atom stereocenters. The summed E-state index contributed by atoms with van der Waals surface area (Å²) in [5.41, 5.74) is -9.31. The summed E-state index contributed by atoms with van der Waals surface area (Å²) in [5.74, 6) is 0. The Morgan fingerprint density at radius 1 is 0.517 bits per heavy atom. The molecule has 0 aromatic rings. The van der Waals surface area contributed by atoms with Gasteiger partial charge in [-0.15, -0.1) is 13.2 Å². The van der Waals surface area contributed by atoms with Gasteiger partial charge in [-0.1, -0.05) is 12.2 Å². The van der Waals surface area contributed by atoms with Gasteiger partial charge in [-0.2, -0.15) is 52.7 Å². The van der Waals surface area contributed by atoms with E-state index in [4.69, 9.17) is 0 Å². The Balaban J connectivity index is 6.04. The van der Waals surface area contributed by atoms with Gasteiger partial charge >= 0.3 is 24.7 Å². The summed E-state index contributed by atoms with van der Waals surface area (Å²) in [6.45, 7) is 1.00. The summed E-state index contributed by atoms with van der Waals surface area (Å²) in [4.78, 5) is 0. The van der Waals surface area contributed by atoms with Crippen LogP contribution < -0.4 is 0 Å². The number of allylic oxidation sites excluding steroid dienone is 2. The number of ether oxygens (including phenoxy) is 1. The fourth-order valence-corrected chi connectivity index (χ4v) is 2.46. The molecule has 0 amide bonds. The molecule has 0 spiro atoms. The highest BCUT2D eigenvalue weighted by Gasteiger charge is 2.72. The Hall–Kier alpha value is -1.40. The zero-order chi connectivity index (χ0) is 23.4. The van der Waals surface area contributed by atoms with Crippen LogP contribution in [0.1, 0.15) is 25.7 Å². The quantitative estimate of drug-likeness (QED) is 0.252. The SMILES string of the molecule is C=CCCC(COCC(CCC=C)(C(F)(F)F)C(F)(F)F)(C(F)(F)F)C(F)(F)F. The average Bonchev–Trinajstić information content (AvgIpc) is 2.48. The van der Waals surface area contributed by atoms with Crippen LogP contribution in [0.25, 0.3) is 0 Å². The van der Waals surface area contributed by atoms with Crippen LogP contribution >= 0.6 is 0 Å². The predicted molar refractivity (Wildman–Crippen MR) is 78.8 cm³/mol. The Morgan fingerprint density at radius 3 is 0.931 bits per heavy atom. The van der Waals surface area contributed by atoms with E-state index < -0.39 is 74.4 Å². The van der Waals surface area contributed by atoms with Crippen molar-refractivity contribution in [1.82, 2.24) is 0 Å². The van der Waals surface area contributed by atoms with E-state index >= 15 is 0 Å². The van der Waals surface area contributed by atoms with Crippen LogP contribution in [0.5, 0.6) is 0 Å². The first-order valence-electron chi connectivity index (χ1n) is 7.89. The fourth-order valence-electron chi connectivity index (χ4n) is 2.46. The highest BCUT2D eigenvalue weighted by atomic mass is 19.4. The second kappa shape index (κ2) is 9.17. The number of alkyl halides is 12. The molecule has 172 valence electrons. The van der Waals surface area contributed by atoms with Gasteiger partial charge in [-0.05, 0) is 25.7 Å². The molecule has 0 rings (SSSR count). The molecule has 0 aliphatic carbocycles. The lowest BCUT2D eigenvalue weighted by Gasteiger charge is -2.40. The molecule has 0 saturated heterocycles. The van der Waals surface area contributed by atoms with Crippen LogP contribution in [0, 0.1) is 10.8 Å². The zero-order valence-electron chi connectivity index (χ0n) is 14.8. The van der Waals surface area contributed by atoms with E-state index in [0.717, 1.165) is 0 Å². The van der Waals surface area contributed by atoms with Crippen molar-refractivity contribution in [2.24, 2.45) is 10.8 Å². The minimum atomic E-state index is -6.05. The van der Waals surface area contributed by atoms with E-state index in [1.54, 1.807) is 0 Å². The summed E-state index contributed by atoms with van der Waals surface area (Å²) in [6, 6.07) is 0. The van der Waals surface area contributed by atoms with Crippen LogP contribution in [0.15, 0.2) is 25.3 Å². The van der Waals surface area contributed by atoms with Crippen molar-refractivity contribution in [2.75, 3.05) is 13.2 Å². The summed E-state index contributed by atoms with van der Waals surface area (Å²) < 4.78 is 162. The summed E-state index contributed by atoms with van der Waals surface area (Å²) >= 11 is 0. The average molecular weight is 454 g/mol.